The van der Waals surface area contributed by atoms with Gasteiger partial charge in [0.15, 0.2) is 12.6 Å². The van der Waals surface area contributed by atoms with Crippen molar-refractivity contribution in [2.45, 2.75) is 137 Å². The zero-order valence-electron chi connectivity index (χ0n) is 27.4. The highest BCUT2D eigenvalue weighted by atomic mass is 16.7. The second-order valence-corrected chi connectivity index (χ2v) is 12.9. The fraction of sp³-hybridized carbons (Fsp3) is 0.967. The van der Waals surface area contributed by atoms with Gasteiger partial charge in [0.25, 0.3) is 0 Å². The number of nitrogens with one attached hydrogen (secondary N) is 2. The molecule has 17 nitrogen and oxygen atoms in total. The molecule has 1 aliphatic carbocycles. The van der Waals surface area contributed by atoms with Gasteiger partial charge in [0.1, 0.15) is 30.5 Å². The van der Waals surface area contributed by atoms with E-state index in [0.29, 0.717) is 25.4 Å². The lowest BCUT2D eigenvalue weighted by molar-refractivity contribution is -0.274. The third-order valence-electron chi connectivity index (χ3n) is 8.97. The normalized spacial score (nSPS) is 38.3. The summed E-state index contributed by atoms with van der Waals surface area (Å²) < 4.78 is 29.0. The van der Waals surface area contributed by atoms with Crippen LogP contribution in [0, 0.1) is 0 Å². The number of aliphatic hydroxyl groups excluding tert-OH is 4. The molecular formula is C30H61N7O10. The van der Waals surface area contributed by atoms with Crippen molar-refractivity contribution in [3.8, 4) is 0 Å². The third kappa shape index (κ3) is 12.9. The van der Waals surface area contributed by atoms with Gasteiger partial charge in [-0.1, -0.05) is 0 Å². The maximum atomic E-state index is 12.2. The van der Waals surface area contributed by atoms with E-state index in [1.807, 2.05) is 0 Å². The van der Waals surface area contributed by atoms with Crippen molar-refractivity contribution in [1.82, 2.24) is 10.6 Å². The molecule has 276 valence electrons. The van der Waals surface area contributed by atoms with E-state index in [0.717, 1.165) is 32.7 Å². The molecule has 4 rings (SSSR count). The Hall–Kier alpha value is -1.13. The first-order valence-electron chi connectivity index (χ1n) is 17.1. The number of amides is 1. The molecule has 0 aromatic carbocycles. The predicted octanol–water partition coefficient (Wildman–Crippen LogP) is -4.20. The number of carbonyl (C=O) groups is 1. The Bertz CT molecular complexity index is 877. The summed E-state index contributed by atoms with van der Waals surface area (Å²) in [6.07, 6.45) is -0.755. The van der Waals surface area contributed by atoms with Gasteiger partial charge in [-0.2, -0.15) is 0 Å². The quantitative estimate of drug-likeness (QED) is 0.0731. The number of aliphatic hydroxyl groups is 4. The molecule has 16 N–H and O–H groups in total. The van der Waals surface area contributed by atoms with E-state index in [1.54, 1.807) is 0 Å². The molecule has 0 radical (unpaired) electrons. The highest BCUT2D eigenvalue weighted by Gasteiger charge is 2.46. The first-order chi connectivity index (χ1) is 22.6. The molecule has 0 bridgehead atoms. The molecule has 3 saturated heterocycles. The van der Waals surface area contributed by atoms with Crippen molar-refractivity contribution in [2.24, 2.45) is 28.7 Å². The summed E-state index contributed by atoms with van der Waals surface area (Å²) in [6.45, 7) is 3.56. The second kappa shape index (κ2) is 21.2. The Kier molecular flexibility index (Phi) is 18.2. The summed E-state index contributed by atoms with van der Waals surface area (Å²) >= 11 is 0. The lowest BCUT2D eigenvalue weighted by Gasteiger charge is -2.41. The SMILES string of the molecule is NCCC(O)C(=O)NC1CC(N)CC(OC2C[C@H](O[C@H]3O[C@@H](CN)[C@@H](O)C(O)[C@H]3N)C(CO)O2)C1.NCCCNCC1CCCCO1. The summed E-state index contributed by atoms with van der Waals surface area (Å²) in [7, 11) is 0. The average molecular weight is 680 g/mol. The fourth-order valence-electron chi connectivity index (χ4n) is 6.31. The van der Waals surface area contributed by atoms with Crippen molar-refractivity contribution < 1.29 is 48.9 Å². The van der Waals surface area contributed by atoms with E-state index in [1.165, 1.54) is 19.3 Å². The van der Waals surface area contributed by atoms with Crippen LogP contribution in [0.15, 0.2) is 0 Å². The number of ether oxygens (including phenoxy) is 5. The van der Waals surface area contributed by atoms with Crippen LogP contribution < -0.4 is 39.3 Å². The predicted molar refractivity (Wildman–Crippen MR) is 171 cm³/mol. The molecule has 8 unspecified atom stereocenters. The molecular weight excluding hydrogens is 618 g/mol. The van der Waals surface area contributed by atoms with Crippen LogP contribution in [0.25, 0.3) is 0 Å². The van der Waals surface area contributed by atoms with E-state index >= 15 is 0 Å². The Labute approximate surface area is 277 Å². The van der Waals surface area contributed by atoms with Gasteiger partial charge in [-0.05, 0) is 71.0 Å². The van der Waals surface area contributed by atoms with Crippen molar-refractivity contribution in [3.63, 3.8) is 0 Å². The van der Waals surface area contributed by atoms with Crippen LogP contribution in [0.1, 0.15) is 57.8 Å². The summed E-state index contributed by atoms with van der Waals surface area (Å²) in [5, 5.41) is 46.0. The van der Waals surface area contributed by atoms with Crippen LogP contribution in [-0.2, 0) is 28.5 Å². The highest BCUT2D eigenvalue weighted by Crippen LogP contribution is 2.31. The van der Waals surface area contributed by atoms with Crippen LogP contribution in [0.4, 0.5) is 0 Å². The maximum Gasteiger partial charge on any atom is 0.249 e. The Morgan fingerprint density at radius 2 is 1.74 bits per heavy atom. The van der Waals surface area contributed by atoms with Gasteiger partial charge in [-0.25, -0.2) is 0 Å². The van der Waals surface area contributed by atoms with Gasteiger partial charge in [-0.15, -0.1) is 0 Å². The van der Waals surface area contributed by atoms with Gasteiger partial charge < -0.3 is 83.4 Å². The molecule has 0 spiro atoms. The Morgan fingerprint density at radius 1 is 0.957 bits per heavy atom. The smallest absolute Gasteiger partial charge is 0.249 e. The molecule has 3 heterocycles. The van der Waals surface area contributed by atoms with E-state index in [2.05, 4.69) is 10.6 Å². The lowest BCUT2D eigenvalue weighted by atomic mass is 9.89. The van der Waals surface area contributed by atoms with Crippen molar-refractivity contribution in [2.75, 3.05) is 45.9 Å². The standard InChI is InChI=1S/C21H41N5O9.C9H20N2O/c22-2-1-12(28)20(31)26-10-3-9(24)4-11(5-10)32-16-6-13(15(8-27)33-16)34-21-17(25)19(30)18(29)14(7-23)35-21;10-5-3-6-11-8-9-4-1-2-7-12-9/h9-19,21,27-30H,1-8,22-25H2,(H,26,31);9,11H,1-8,10H2/t9?,10?,11?,12?,13-,14-,15?,16?,17+,18+,19?,21-;/m0./s1. The number of rotatable bonds is 15. The van der Waals surface area contributed by atoms with Crippen LogP contribution in [0.2, 0.25) is 0 Å². The molecule has 4 fully saturated rings. The molecule has 17 heteroatoms. The summed E-state index contributed by atoms with van der Waals surface area (Å²) in [4.78, 5) is 12.2. The van der Waals surface area contributed by atoms with Gasteiger partial charge in [0.05, 0.1) is 31.0 Å². The van der Waals surface area contributed by atoms with Gasteiger partial charge >= 0.3 is 0 Å². The van der Waals surface area contributed by atoms with E-state index in [9.17, 15) is 25.2 Å². The summed E-state index contributed by atoms with van der Waals surface area (Å²) in [5.41, 5.74) is 28.5. The number of nitrogens with two attached hydrogens (primary N) is 5. The Morgan fingerprint density at radius 3 is 2.40 bits per heavy atom. The van der Waals surface area contributed by atoms with Crippen molar-refractivity contribution in [3.05, 3.63) is 0 Å². The third-order valence-corrected chi connectivity index (χ3v) is 8.97. The molecule has 4 aliphatic rings. The van der Waals surface area contributed by atoms with Gasteiger partial charge in [0, 0.05) is 38.2 Å². The molecule has 0 aromatic rings. The topological polar surface area (TPSA) is 298 Å². The Balaban J connectivity index is 0.000000420. The minimum atomic E-state index is -1.29. The lowest BCUT2D eigenvalue weighted by Crippen LogP contribution is -2.63. The number of hydrogen-bond donors (Lipinski definition) is 11. The molecule has 3 aliphatic heterocycles. The molecule has 1 saturated carbocycles. The minimum absolute atomic E-state index is 0.0377. The minimum Gasteiger partial charge on any atom is -0.394 e. The second-order valence-electron chi connectivity index (χ2n) is 12.9. The zero-order valence-corrected chi connectivity index (χ0v) is 27.4. The molecule has 1 amide bonds. The number of carbonyl (C=O) groups excluding carboxylic acids is 1. The molecule has 13 atom stereocenters. The molecule has 0 aromatic heterocycles. The van der Waals surface area contributed by atoms with Crippen LogP contribution in [-0.4, -0.2) is 152 Å². The van der Waals surface area contributed by atoms with E-state index in [-0.39, 0.29) is 50.7 Å². The first kappa shape index (κ1) is 40.3. The highest BCUT2D eigenvalue weighted by molar-refractivity contribution is 5.80. The molecule has 47 heavy (non-hydrogen) atoms. The average Bonchev–Trinajstić information content (AvgIpc) is 3.44. The fourth-order valence-corrected chi connectivity index (χ4v) is 6.31. The van der Waals surface area contributed by atoms with Gasteiger partial charge in [0.2, 0.25) is 5.91 Å². The van der Waals surface area contributed by atoms with Crippen LogP contribution in [0.5, 0.6) is 0 Å². The largest absolute Gasteiger partial charge is 0.394 e. The summed E-state index contributed by atoms with van der Waals surface area (Å²) in [5.74, 6) is -0.494. The maximum absolute atomic E-state index is 12.2. The van der Waals surface area contributed by atoms with E-state index < -0.39 is 61.2 Å². The zero-order chi connectivity index (χ0) is 34.3. The van der Waals surface area contributed by atoms with Crippen LogP contribution >= 0.6 is 0 Å². The van der Waals surface area contributed by atoms with Crippen molar-refractivity contribution >= 4 is 5.91 Å². The summed E-state index contributed by atoms with van der Waals surface area (Å²) in [6, 6.07) is -1.52. The van der Waals surface area contributed by atoms with E-state index in [4.69, 9.17) is 52.4 Å². The monoisotopic (exact) mass is 679 g/mol. The van der Waals surface area contributed by atoms with Gasteiger partial charge in [-0.3, -0.25) is 4.79 Å². The van der Waals surface area contributed by atoms with Crippen LogP contribution in [0.3, 0.4) is 0 Å². The van der Waals surface area contributed by atoms with Crippen molar-refractivity contribution in [1.29, 1.82) is 0 Å². The first-order valence-corrected chi connectivity index (χ1v) is 17.1. The number of hydrogen-bond acceptors (Lipinski definition) is 16.